The Kier molecular flexibility index (Phi) is 3.05. The Bertz CT molecular complexity index is 519. The molecule has 5 heteroatoms. The third kappa shape index (κ3) is 2.30. The van der Waals surface area contributed by atoms with Crippen molar-refractivity contribution in [1.29, 1.82) is 0 Å². The summed E-state index contributed by atoms with van der Waals surface area (Å²) in [4.78, 5) is 3.90. The number of rotatable bonds is 2. The Morgan fingerprint density at radius 3 is 2.75 bits per heavy atom. The van der Waals surface area contributed by atoms with Crippen molar-refractivity contribution in [3.63, 3.8) is 0 Å². The fourth-order valence-corrected chi connectivity index (χ4v) is 1.51. The number of nitrogens with two attached hydrogens (primary N) is 1. The van der Waals surface area contributed by atoms with Gasteiger partial charge in [-0.3, -0.25) is 4.98 Å². The largest absolute Gasteiger partial charge is 0.454 e. The second-order valence-electron chi connectivity index (χ2n) is 3.09. The van der Waals surface area contributed by atoms with Crippen molar-refractivity contribution in [3.05, 3.63) is 46.9 Å². The molecular formula is C11H8BrFN2O. The van der Waals surface area contributed by atoms with Gasteiger partial charge < -0.3 is 10.5 Å². The molecule has 2 rings (SSSR count). The number of nitrogens with zero attached hydrogens (tertiary/aromatic N) is 1. The molecule has 0 aliphatic carbocycles. The van der Waals surface area contributed by atoms with Gasteiger partial charge in [0.05, 0.1) is 10.2 Å². The molecule has 1 heterocycles. The molecular weight excluding hydrogens is 275 g/mol. The van der Waals surface area contributed by atoms with Crippen molar-refractivity contribution < 1.29 is 9.13 Å². The fourth-order valence-electron chi connectivity index (χ4n) is 1.18. The Balaban J connectivity index is 2.31. The van der Waals surface area contributed by atoms with Crippen LogP contribution in [0.3, 0.4) is 0 Å². The number of pyridine rings is 1. The van der Waals surface area contributed by atoms with Gasteiger partial charge in [0, 0.05) is 24.5 Å². The maximum Gasteiger partial charge on any atom is 0.150 e. The molecule has 0 amide bonds. The zero-order chi connectivity index (χ0) is 11.5. The molecule has 82 valence electrons. The smallest absolute Gasteiger partial charge is 0.150 e. The van der Waals surface area contributed by atoms with Crippen LogP contribution in [0.25, 0.3) is 0 Å². The number of ether oxygens (including phenoxy) is 1. The average Bonchev–Trinajstić information content (AvgIpc) is 2.25. The highest BCUT2D eigenvalue weighted by molar-refractivity contribution is 9.10. The van der Waals surface area contributed by atoms with Crippen LogP contribution in [0.2, 0.25) is 0 Å². The summed E-state index contributed by atoms with van der Waals surface area (Å²) in [6, 6.07) is 5.68. The van der Waals surface area contributed by atoms with Gasteiger partial charge in [0.15, 0.2) is 5.75 Å². The highest BCUT2D eigenvalue weighted by Gasteiger charge is 2.06. The van der Waals surface area contributed by atoms with Crippen LogP contribution in [0, 0.1) is 5.82 Å². The number of hydrogen-bond acceptors (Lipinski definition) is 3. The van der Waals surface area contributed by atoms with E-state index in [4.69, 9.17) is 10.5 Å². The van der Waals surface area contributed by atoms with E-state index in [0.29, 0.717) is 16.0 Å². The Labute approximate surface area is 100 Å². The molecule has 1 aromatic carbocycles. The minimum Gasteiger partial charge on any atom is -0.454 e. The van der Waals surface area contributed by atoms with Gasteiger partial charge in [-0.25, -0.2) is 4.39 Å². The minimum atomic E-state index is -0.390. The van der Waals surface area contributed by atoms with Gasteiger partial charge in [0.2, 0.25) is 0 Å². The number of benzene rings is 1. The third-order valence-corrected chi connectivity index (χ3v) is 2.52. The summed E-state index contributed by atoms with van der Waals surface area (Å²) in [5, 5.41) is 0. The van der Waals surface area contributed by atoms with E-state index in [1.165, 1.54) is 18.2 Å². The molecule has 2 N–H and O–H groups in total. The first-order valence-electron chi connectivity index (χ1n) is 4.49. The molecule has 2 aromatic rings. The van der Waals surface area contributed by atoms with E-state index >= 15 is 0 Å². The van der Waals surface area contributed by atoms with Crippen LogP contribution >= 0.6 is 15.9 Å². The lowest BCUT2D eigenvalue weighted by atomic mass is 10.3. The predicted molar refractivity (Wildman–Crippen MR) is 62.8 cm³/mol. The second-order valence-corrected chi connectivity index (χ2v) is 3.94. The van der Waals surface area contributed by atoms with Crippen molar-refractivity contribution in [2.45, 2.75) is 0 Å². The second kappa shape index (κ2) is 4.49. The molecule has 0 fully saturated rings. The Morgan fingerprint density at radius 1 is 1.25 bits per heavy atom. The summed E-state index contributed by atoms with van der Waals surface area (Å²) in [6.45, 7) is 0. The predicted octanol–water partition coefficient (Wildman–Crippen LogP) is 3.36. The first-order chi connectivity index (χ1) is 7.66. The average molecular weight is 283 g/mol. The van der Waals surface area contributed by atoms with Crippen LogP contribution in [-0.2, 0) is 0 Å². The Hall–Kier alpha value is -1.62. The summed E-state index contributed by atoms with van der Waals surface area (Å²) in [7, 11) is 0. The fraction of sp³-hybridized carbons (Fsp3) is 0. The zero-order valence-corrected chi connectivity index (χ0v) is 9.74. The van der Waals surface area contributed by atoms with E-state index in [-0.39, 0.29) is 5.69 Å². The molecule has 0 unspecified atom stereocenters. The van der Waals surface area contributed by atoms with Crippen molar-refractivity contribution in [2.24, 2.45) is 0 Å². The van der Waals surface area contributed by atoms with Gasteiger partial charge >= 0.3 is 0 Å². The van der Waals surface area contributed by atoms with Crippen LogP contribution in [0.4, 0.5) is 10.1 Å². The van der Waals surface area contributed by atoms with Gasteiger partial charge in [-0.05, 0) is 28.1 Å². The quantitative estimate of drug-likeness (QED) is 0.860. The van der Waals surface area contributed by atoms with E-state index in [0.717, 1.165) is 0 Å². The van der Waals surface area contributed by atoms with E-state index < -0.39 is 5.82 Å². The molecule has 16 heavy (non-hydrogen) atoms. The molecule has 0 saturated carbocycles. The maximum atomic E-state index is 12.8. The summed E-state index contributed by atoms with van der Waals surface area (Å²) in [6.07, 6.45) is 3.20. The summed E-state index contributed by atoms with van der Waals surface area (Å²) >= 11 is 3.29. The van der Waals surface area contributed by atoms with Gasteiger partial charge in [0.1, 0.15) is 11.6 Å². The van der Waals surface area contributed by atoms with Crippen LogP contribution < -0.4 is 10.5 Å². The first-order valence-corrected chi connectivity index (χ1v) is 5.28. The minimum absolute atomic E-state index is 0.253. The summed E-state index contributed by atoms with van der Waals surface area (Å²) < 4.78 is 19.0. The van der Waals surface area contributed by atoms with Crippen LogP contribution in [-0.4, -0.2) is 4.98 Å². The topological polar surface area (TPSA) is 48.1 Å². The van der Waals surface area contributed by atoms with Crippen molar-refractivity contribution in [3.8, 4) is 11.5 Å². The first kappa shape index (κ1) is 10.9. The van der Waals surface area contributed by atoms with Crippen molar-refractivity contribution in [2.75, 3.05) is 5.73 Å². The number of anilines is 1. The number of nitrogen functional groups attached to an aromatic ring is 1. The van der Waals surface area contributed by atoms with Gasteiger partial charge in [-0.1, -0.05) is 0 Å². The van der Waals surface area contributed by atoms with Gasteiger partial charge in [0.25, 0.3) is 0 Å². The van der Waals surface area contributed by atoms with E-state index in [1.54, 1.807) is 18.5 Å². The van der Waals surface area contributed by atoms with Crippen LogP contribution in [0.5, 0.6) is 11.5 Å². The van der Waals surface area contributed by atoms with Gasteiger partial charge in [-0.2, -0.15) is 0 Å². The Morgan fingerprint density at radius 2 is 2.06 bits per heavy atom. The molecule has 0 atom stereocenters. The highest BCUT2D eigenvalue weighted by Crippen LogP contribution is 2.31. The number of halogens is 2. The SMILES string of the molecule is Nc1cc(F)ccc1Oc1ccncc1Br. The molecule has 1 aromatic heterocycles. The lowest BCUT2D eigenvalue weighted by Gasteiger charge is -2.09. The summed E-state index contributed by atoms with van der Waals surface area (Å²) in [5.41, 5.74) is 5.88. The molecule has 0 saturated heterocycles. The molecule has 0 spiro atoms. The van der Waals surface area contributed by atoms with Gasteiger partial charge in [-0.15, -0.1) is 0 Å². The maximum absolute atomic E-state index is 12.8. The third-order valence-electron chi connectivity index (χ3n) is 1.93. The standard InChI is InChI=1S/C11H8BrFN2O/c12-8-6-15-4-3-10(8)16-11-2-1-7(13)5-9(11)14/h1-6H,14H2. The lowest BCUT2D eigenvalue weighted by molar-refractivity contribution is 0.479. The summed E-state index contributed by atoms with van der Waals surface area (Å²) in [5.74, 6) is 0.597. The number of aromatic nitrogens is 1. The van der Waals surface area contributed by atoms with Crippen molar-refractivity contribution in [1.82, 2.24) is 4.98 Å². The highest BCUT2D eigenvalue weighted by atomic mass is 79.9. The van der Waals surface area contributed by atoms with E-state index in [2.05, 4.69) is 20.9 Å². The van der Waals surface area contributed by atoms with E-state index in [9.17, 15) is 4.39 Å². The van der Waals surface area contributed by atoms with Crippen molar-refractivity contribution >= 4 is 21.6 Å². The van der Waals surface area contributed by atoms with Crippen LogP contribution in [0.1, 0.15) is 0 Å². The molecule has 0 aliphatic rings. The van der Waals surface area contributed by atoms with Crippen LogP contribution in [0.15, 0.2) is 41.1 Å². The molecule has 0 bridgehead atoms. The molecule has 0 aliphatic heterocycles. The normalized spacial score (nSPS) is 10.1. The van der Waals surface area contributed by atoms with E-state index in [1.807, 2.05) is 0 Å². The lowest BCUT2D eigenvalue weighted by Crippen LogP contribution is -1.93. The monoisotopic (exact) mass is 282 g/mol. The molecule has 3 nitrogen and oxygen atoms in total. The number of hydrogen-bond donors (Lipinski definition) is 1. The molecule has 0 radical (unpaired) electrons. The zero-order valence-electron chi connectivity index (χ0n) is 8.15.